The smallest absolute Gasteiger partial charge is 0.0612 e. The standard InChI is InChI=1S/C18H29O3/c1-3-16(9-7-13-20)15-18(11-8-14-21)17(4-2)10-5-6-12-19/h7,9,16-17,19-21H,3-4,6,8,11-14H2,1-2H3. The summed E-state index contributed by atoms with van der Waals surface area (Å²) in [7, 11) is 0. The maximum Gasteiger partial charge on any atom is 0.0612 e. The first-order chi connectivity index (χ1) is 10.2. The van der Waals surface area contributed by atoms with Crippen molar-refractivity contribution in [1.29, 1.82) is 0 Å². The van der Waals surface area contributed by atoms with Gasteiger partial charge in [-0.25, -0.2) is 0 Å². The molecule has 0 aromatic rings. The van der Waals surface area contributed by atoms with Crippen LogP contribution < -0.4 is 0 Å². The molecule has 3 nitrogen and oxygen atoms in total. The third kappa shape index (κ3) is 9.47. The Labute approximate surface area is 129 Å². The van der Waals surface area contributed by atoms with E-state index in [0.29, 0.717) is 12.8 Å². The summed E-state index contributed by atoms with van der Waals surface area (Å²) in [5, 5.41) is 26.8. The molecular weight excluding hydrogens is 264 g/mol. The van der Waals surface area contributed by atoms with Gasteiger partial charge in [0.25, 0.3) is 0 Å². The number of rotatable bonds is 10. The molecule has 2 atom stereocenters. The Kier molecular flexibility index (Phi) is 13.2. The van der Waals surface area contributed by atoms with Crippen LogP contribution in [0.4, 0.5) is 0 Å². The summed E-state index contributed by atoms with van der Waals surface area (Å²) in [5.41, 5.74) is 1.13. The van der Waals surface area contributed by atoms with Crippen molar-refractivity contribution in [2.75, 3.05) is 19.8 Å². The summed E-state index contributed by atoms with van der Waals surface area (Å²) in [6.45, 7) is 4.46. The summed E-state index contributed by atoms with van der Waals surface area (Å²) < 4.78 is 0. The highest BCUT2D eigenvalue weighted by Gasteiger charge is 2.12. The van der Waals surface area contributed by atoms with E-state index in [2.05, 4.69) is 31.8 Å². The number of aliphatic hydroxyl groups excluding tert-OH is 3. The Balaban J connectivity index is 5.12. The van der Waals surface area contributed by atoms with Gasteiger partial charge in [-0.2, -0.15) is 0 Å². The maximum absolute atomic E-state index is 9.06. The van der Waals surface area contributed by atoms with Gasteiger partial charge in [-0.3, -0.25) is 0 Å². The molecule has 0 aliphatic carbocycles. The van der Waals surface area contributed by atoms with Crippen LogP contribution in [0.1, 0.15) is 46.0 Å². The fraction of sp³-hybridized carbons (Fsp3) is 0.667. The molecule has 0 spiro atoms. The van der Waals surface area contributed by atoms with Crippen LogP contribution in [-0.4, -0.2) is 35.1 Å². The van der Waals surface area contributed by atoms with Crippen molar-refractivity contribution in [3.8, 4) is 11.8 Å². The van der Waals surface area contributed by atoms with Gasteiger partial charge in [-0.1, -0.05) is 37.5 Å². The molecule has 0 saturated carbocycles. The second-order valence-electron chi connectivity index (χ2n) is 4.88. The van der Waals surface area contributed by atoms with Crippen molar-refractivity contribution in [2.45, 2.75) is 46.0 Å². The highest BCUT2D eigenvalue weighted by atomic mass is 16.3. The third-order valence-electron chi connectivity index (χ3n) is 3.23. The second kappa shape index (κ2) is 13.9. The lowest BCUT2D eigenvalue weighted by Gasteiger charge is -2.15. The summed E-state index contributed by atoms with van der Waals surface area (Å²) >= 11 is 0. The lowest BCUT2D eigenvalue weighted by molar-refractivity contribution is 0.287. The van der Waals surface area contributed by atoms with Crippen LogP contribution in [0.3, 0.4) is 0 Å². The molecule has 0 fully saturated rings. The van der Waals surface area contributed by atoms with Crippen molar-refractivity contribution >= 4 is 0 Å². The molecule has 0 saturated heterocycles. The van der Waals surface area contributed by atoms with Crippen molar-refractivity contribution < 1.29 is 15.3 Å². The van der Waals surface area contributed by atoms with E-state index < -0.39 is 0 Å². The maximum atomic E-state index is 9.06. The van der Waals surface area contributed by atoms with E-state index in [1.165, 1.54) is 0 Å². The Morgan fingerprint density at radius 1 is 1.10 bits per heavy atom. The average Bonchev–Trinajstić information content (AvgIpc) is 2.51. The largest absolute Gasteiger partial charge is 0.396 e. The molecule has 1 radical (unpaired) electrons. The molecule has 3 N–H and O–H groups in total. The zero-order chi connectivity index (χ0) is 15.9. The predicted molar refractivity (Wildman–Crippen MR) is 86.3 cm³/mol. The normalized spacial score (nSPS) is 14.8. The molecule has 0 aliphatic rings. The van der Waals surface area contributed by atoms with Crippen LogP contribution in [0.25, 0.3) is 0 Å². The molecular formula is C18H29O3. The van der Waals surface area contributed by atoms with Gasteiger partial charge in [0, 0.05) is 24.9 Å². The fourth-order valence-corrected chi connectivity index (χ4v) is 2.05. The minimum Gasteiger partial charge on any atom is -0.396 e. The van der Waals surface area contributed by atoms with Gasteiger partial charge < -0.3 is 15.3 Å². The van der Waals surface area contributed by atoms with E-state index in [9.17, 15) is 0 Å². The number of hydrogen-bond acceptors (Lipinski definition) is 3. The van der Waals surface area contributed by atoms with E-state index >= 15 is 0 Å². The number of allylic oxidation sites excluding steroid dienone is 3. The summed E-state index contributed by atoms with van der Waals surface area (Å²) in [6, 6.07) is 0. The second-order valence-corrected chi connectivity index (χ2v) is 4.88. The molecule has 0 aliphatic heterocycles. The molecule has 21 heavy (non-hydrogen) atoms. The van der Waals surface area contributed by atoms with Crippen LogP contribution in [-0.2, 0) is 0 Å². The Hall–Kier alpha value is -1.08. The van der Waals surface area contributed by atoms with Gasteiger partial charge in [0.1, 0.15) is 0 Å². The van der Waals surface area contributed by atoms with Crippen LogP contribution in [0, 0.1) is 29.8 Å². The first-order valence-corrected chi connectivity index (χ1v) is 7.83. The Bertz CT molecular complexity index is 360. The quantitative estimate of drug-likeness (QED) is 0.428. The van der Waals surface area contributed by atoms with Crippen LogP contribution in [0.2, 0.25) is 0 Å². The summed E-state index contributed by atoms with van der Waals surface area (Å²) in [4.78, 5) is 0. The van der Waals surface area contributed by atoms with Crippen molar-refractivity contribution in [1.82, 2.24) is 0 Å². The molecule has 0 aromatic carbocycles. The average molecular weight is 293 g/mol. The molecule has 2 unspecified atom stereocenters. The number of hydrogen-bond donors (Lipinski definition) is 3. The molecule has 0 amide bonds. The Morgan fingerprint density at radius 3 is 2.38 bits per heavy atom. The van der Waals surface area contributed by atoms with Crippen LogP contribution in [0.5, 0.6) is 0 Å². The van der Waals surface area contributed by atoms with Gasteiger partial charge in [-0.05, 0) is 31.8 Å². The van der Waals surface area contributed by atoms with E-state index in [1.807, 2.05) is 6.08 Å². The molecule has 3 heteroatoms. The van der Waals surface area contributed by atoms with Gasteiger partial charge >= 0.3 is 0 Å². The molecule has 0 aromatic heterocycles. The van der Waals surface area contributed by atoms with Gasteiger partial charge in [0.2, 0.25) is 0 Å². The SMILES string of the molecule is CCC(/[C]=C(\CCCO)C(C#CCCO)CC)C=CCO. The van der Waals surface area contributed by atoms with Gasteiger partial charge in [0.15, 0.2) is 0 Å². The van der Waals surface area contributed by atoms with Crippen molar-refractivity contribution in [2.24, 2.45) is 11.8 Å². The van der Waals surface area contributed by atoms with E-state index in [1.54, 1.807) is 6.08 Å². The summed E-state index contributed by atoms with van der Waals surface area (Å²) in [5.74, 6) is 6.49. The third-order valence-corrected chi connectivity index (χ3v) is 3.23. The predicted octanol–water partition coefficient (Wildman–Crippen LogP) is 2.48. The lowest BCUT2D eigenvalue weighted by atomic mass is 9.89. The Morgan fingerprint density at radius 2 is 1.86 bits per heavy atom. The lowest BCUT2D eigenvalue weighted by Crippen LogP contribution is -2.05. The van der Waals surface area contributed by atoms with Crippen molar-refractivity contribution in [3.63, 3.8) is 0 Å². The van der Waals surface area contributed by atoms with Crippen molar-refractivity contribution in [3.05, 3.63) is 23.8 Å². The van der Waals surface area contributed by atoms with E-state index in [-0.39, 0.29) is 31.7 Å². The fourth-order valence-electron chi connectivity index (χ4n) is 2.05. The molecule has 0 heterocycles. The van der Waals surface area contributed by atoms with E-state index in [0.717, 1.165) is 24.8 Å². The van der Waals surface area contributed by atoms with Crippen LogP contribution in [0.15, 0.2) is 17.7 Å². The van der Waals surface area contributed by atoms with E-state index in [4.69, 9.17) is 15.3 Å². The topological polar surface area (TPSA) is 60.7 Å². The highest BCUT2D eigenvalue weighted by molar-refractivity contribution is 5.19. The molecule has 0 rings (SSSR count). The monoisotopic (exact) mass is 293 g/mol. The molecule has 119 valence electrons. The summed E-state index contributed by atoms with van der Waals surface area (Å²) in [6.07, 6.45) is 11.0. The van der Waals surface area contributed by atoms with Gasteiger partial charge in [-0.15, -0.1) is 5.92 Å². The first kappa shape index (κ1) is 19.9. The zero-order valence-electron chi connectivity index (χ0n) is 13.3. The minimum atomic E-state index is 0.0394. The molecule has 0 bridgehead atoms. The zero-order valence-corrected chi connectivity index (χ0v) is 13.3. The highest BCUT2D eigenvalue weighted by Crippen LogP contribution is 2.22. The number of aliphatic hydroxyl groups is 3. The first-order valence-electron chi connectivity index (χ1n) is 7.83. The van der Waals surface area contributed by atoms with Crippen LogP contribution >= 0.6 is 0 Å². The minimum absolute atomic E-state index is 0.0394. The van der Waals surface area contributed by atoms with Gasteiger partial charge in [0.05, 0.1) is 13.2 Å².